The molecule has 0 aliphatic heterocycles. The van der Waals surface area contributed by atoms with Crippen LogP contribution in [0.15, 0.2) is 18.6 Å². The average Bonchev–Trinajstić information content (AvgIpc) is 3.03. The monoisotopic (exact) mass is 197 g/mol. The molecule has 4 nitrogen and oxygen atoms in total. The number of nitrogens with two attached hydrogens (primary N) is 1. The molecule has 0 aromatic carbocycles. The van der Waals surface area contributed by atoms with Crippen molar-refractivity contribution in [1.82, 2.24) is 9.97 Å². The Balaban J connectivity index is 0.000000146. The summed E-state index contributed by atoms with van der Waals surface area (Å²) in [5.41, 5.74) is 5.29. The molecule has 1 aromatic heterocycles. The van der Waals surface area contributed by atoms with Gasteiger partial charge in [0.05, 0.1) is 5.69 Å². The summed E-state index contributed by atoms with van der Waals surface area (Å²) in [5, 5.41) is 0. The van der Waals surface area contributed by atoms with E-state index in [0.717, 1.165) is 12.8 Å². The van der Waals surface area contributed by atoms with Gasteiger partial charge in [-0.25, -0.2) is 14.4 Å². The van der Waals surface area contributed by atoms with E-state index in [1.54, 1.807) is 6.07 Å². The molecule has 5 heteroatoms. The van der Waals surface area contributed by atoms with Crippen molar-refractivity contribution < 1.29 is 9.18 Å². The molecule has 1 fully saturated rings. The molecule has 1 saturated carbocycles. The summed E-state index contributed by atoms with van der Waals surface area (Å²) in [6.07, 6.45) is 4.89. The number of hydrogen-bond acceptors (Lipinski definition) is 3. The Morgan fingerprint density at radius 3 is 2.57 bits per heavy atom. The summed E-state index contributed by atoms with van der Waals surface area (Å²) < 4.78 is 11.6. The summed E-state index contributed by atoms with van der Waals surface area (Å²) in [4.78, 5) is 17.2. The zero-order valence-electron chi connectivity index (χ0n) is 7.69. The van der Waals surface area contributed by atoms with Crippen molar-refractivity contribution in [2.75, 3.05) is 0 Å². The molecule has 1 aromatic rings. The minimum absolute atomic E-state index is 0.130. The van der Waals surface area contributed by atoms with Crippen molar-refractivity contribution in [1.29, 1.82) is 0 Å². The number of carbonyl (C=O) groups is 1. The molecule has 1 aliphatic rings. The molecule has 0 atom stereocenters. The van der Waals surface area contributed by atoms with E-state index < -0.39 is 6.67 Å². The summed E-state index contributed by atoms with van der Waals surface area (Å²) in [5.74, 6) is 0.111. The van der Waals surface area contributed by atoms with Crippen LogP contribution in [0.1, 0.15) is 18.5 Å². The molecule has 76 valence electrons. The van der Waals surface area contributed by atoms with Crippen molar-refractivity contribution >= 4 is 5.91 Å². The molecule has 1 aliphatic carbocycles. The molecule has 2 rings (SSSR count). The topological polar surface area (TPSA) is 68.9 Å². The Hall–Kier alpha value is -1.52. The number of primary amides is 1. The molecular formula is C9H12FN3O. The van der Waals surface area contributed by atoms with Gasteiger partial charge in [-0.3, -0.25) is 4.79 Å². The first-order chi connectivity index (χ1) is 6.74. The van der Waals surface area contributed by atoms with Crippen LogP contribution in [0.4, 0.5) is 4.39 Å². The lowest BCUT2D eigenvalue weighted by Crippen LogP contribution is -2.11. The normalized spacial score (nSPS) is 14.1. The molecule has 0 saturated heterocycles. The van der Waals surface area contributed by atoms with Gasteiger partial charge in [0, 0.05) is 12.1 Å². The van der Waals surface area contributed by atoms with Crippen molar-refractivity contribution in [2.45, 2.75) is 19.5 Å². The first-order valence-electron chi connectivity index (χ1n) is 4.34. The van der Waals surface area contributed by atoms with Crippen LogP contribution >= 0.6 is 0 Å². The first-order valence-corrected chi connectivity index (χ1v) is 4.34. The number of carbonyl (C=O) groups excluding carboxylic acids is 1. The number of halogens is 1. The van der Waals surface area contributed by atoms with E-state index in [4.69, 9.17) is 5.73 Å². The smallest absolute Gasteiger partial charge is 0.220 e. The second kappa shape index (κ2) is 5.26. The third kappa shape index (κ3) is 3.93. The maximum absolute atomic E-state index is 11.6. The van der Waals surface area contributed by atoms with Crippen molar-refractivity contribution in [3.63, 3.8) is 0 Å². The van der Waals surface area contributed by atoms with Gasteiger partial charge in [-0.2, -0.15) is 0 Å². The predicted molar refractivity (Wildman–Crippen MR) is 48.8 cm³/mol. The van der Waals surface area contributed by atoms with Gasteiger partial charge in [-0.05, 0) is 18.9 Å². The maximum atomic E-state index is 11.6. The molecule has 1 amide bonds. The van der Waals surface area contributed by atoms with Crippen LogP contribution in [-0.4, -0.2) is 15.9 Å². The molecule has 0 spiro atoms. The minimum Gasteiger partial charge on any atom is -0.369 e. The van der Waals surface area contributed by atoms with Gasteiger partial charge < -0.3 is 5.73 Å². The van der Waals surface area contributed by atoms with Gasteiger partial charge in [-0.15, -0.1) is 0 Å². The fraction of sp³-hybridized carbons (Fsp3) is 0.444. The van der Waals surface area contributed by atoms with E-state index in [1.165, 1.54) is 12.5 Å². The van der Waals surface area contributed by atoms with E-state index in [2.05, 4.69) is 9.97 Å². The molecule has 0 bridgehead atoms. The molecule has 2 N–H and O–H groups in total. The Morgan fingerprint density at radius 1 is 1.64 bits per heavy atom. The summed E-state index contributed by atoms with van der Waals surface area (Å²) in [6.45, 7) is -0.511. The van der Waals surface area contributed by atoms with E-state index in [0.29, 0.717) is 5.69 Å². The van der Waals surface area contributed by atoms with Crippen molar-refractivity contribution in [3.8, 4) is 0 Å². The Morgan fingerprint density at radius 2 is 2.36 bits per heavy atom. The lowest BCUT2D eigenvalue weighted by atomic mass is 10.4. The second-order valence-corrected chi connectivity index (χ2v) is 3.01. The average molecular weight is 197 g/mol. The minimum atomic E-state index is -0.511. The largest absolute Gasteiger partial charge is 0.369 e. The zero-order chi connectivity index (χ0) is 10.4. The van der Waals surface area contributed by atoms with Crippen LogP contribution in [0.25, 0.3) is 0 Å². The number of nitrogens with zero attached hydrogens (tertiary/aromatic N) is 2. The highest BCUT2D eigenvalue weighted by molar-refractivity contribution is 5.78. The lowest BCUT2D eigenvalue weighted by molar-refractivity contribution is -0.119. The van der Waals surface area contributed by atoms with Gasteiger partial charge >= 0.3 is 0 Å². The highest BCUT2D eigenvalue weighted by Crippen LogP contribution is 2.27. The number of amides is 1. The fourth-order valence-electron chi connectivity index (χ4n) is 0.765. The molecule has 0 unspecified atom stereocenters. The van der Waals surface area contributed by atoms with E-state index in [9.17, 15) is 9.18 Å². The number of hydrogen-bond donors (Lipinski definition) is 1. The number of rotatable bonds is 2. The van der Waals surface area contributed by atoms with Crippen molar-refractivity contribution in [2.24, 2.45) is 11.7 Å². The van der Waals surface area contributed by atoms with Crippen LogP contribution < -0.4 is 5.73 Å². The lowest BCUT2D eigenvalue weighted by Gasteiger charge is -1.85. The first kappa shape index (κ1) is 10.6. The maximum Gasteiger partial charge on any atom is 0.220 e. The summed E-state index contributed by atoms with van der Waals surface area (Å²) in [6, 6.07) is 1.54. The highest BCUT2D eigenvalue weighted by atomic mass is 19.1. The zero-order valence-corrected chi connectivity index (χ0v) is 7.69. The standard InChI is InChI=1S/C5H5FN2.C4H7NO/c6-3-5-1-2-7-4-8-5;5-4(6)3-1-2-3/h1-2,4H,3H2;3H,1-2H2,(H2,5,6). The van der Waals surface area contributed by atoms with E-state index in [1.807, 2.05) is 0 Å². The van der Waals surface area contributed by atoms with Crippen LogP contribution in [0.5, 0.6) is 0 Å². The van der Waals surface area contributed by atoms with Crippen LogP contribution in [-0.2, 0) is 11.5 Å². The SMILES string of the molecule is FCc1ccncn1.NC(=O)C1CC1. The van der Waals surface area contributed by atoms with Crippen LogP contribution in [0.3, 0.4) is 0 Å². The third-order valence-electron chi connectivity index (χ3n) is 1.76. The van der Waals surface area contributed by atoms with Gasteiger partial charge in [-0.1, -0.05) is 0 Å². The van der Waals surface area contributed by atoms with Crippen LogP contribution in [0, 0.1) is 5.92 Å². The van der Waals surface area contributed by atoms with Gasteiger partial charge in [0.2, 0.25) is 5.91 Å². The number of alkyl halides is 1. The van der Waals surface area contributed by atoms with E-state index >= 15 is 0 Å². The van der Waals surface area contributed by atoms with Crippen molar-refractivity contribution in [3.05, 3.63) is 24.3 Å². The summed E-state index contributed by atoms with van der Waals surface area (Å²) in [7, 11) is 0. The van der Waals surface area contributed by atoms with E-state index in [-0.39, 0.29) is 11.8 Å². The fourth-order valence-corrected chi connectivity index (χ4v) is 0.765. The molecule has 1 heterocycles. The second-order valence-electron chi connectivity index (χ2n) is 3.01. The molecule has 0 radical (unpaired) electrons. The Labute approximate surface area is 81.4 Å². The molecular weight excluding hydrogens is 185 g/mol. The third-order valence-corrected chi connectivity index (χ3v) is 1.76. The Kier molecular flexibility index (Phi) is 3.97. The summed E-state index contributed by atoms with van der Waals surface area (Å²) >= 11 is 0. The number of aromatic nitrogens is 2. The van der Waals surface area contributed by atoms with Crippen LogP contribution in [0.2, 0.25) is 0 Å². The Bertz CT molecular complexity index is 287. The highest BCUT2D eigenvalue weighted by Gasteiger charge is 2.26. The van der Waals surface area contributed by atoms with Gasteiger partial charge in [0.15, 0.2) is 0 Å². The van der Waals surface area contributed by atoms with Gasteiger partial charge in [0.25, 0.3) is 0 Å². The quantitative estimate of drug-likeness (QED) is 0.763. The predicted octanol–water partition coefficient (Wildman–Crippen LogP) is 0.828. The molecule has 14 heavy (non-hydrogen) atoms. The van der Waals surface area contributed by atoms with Gasteiger partial charge in [0.1, 0.15) is 13.0 Å².